The van der Waals surface area contributed by atoms with Crippen LogP contribution < -0.4 is 5.32 Å². The summed E-state index contributed by atoms with van der Waals surface area (Å²) in [5.74, 6) is -0.327. The zero-order valence-corrected chi connectivity index (χ0v) is 17.4. The summed E-state index contributed by atoms with van der Waals surface area (Å²) >= 11 is 0. The van der Waals surface area contributed by atoms with Crippen LogP contribution in [0.15, 0.2) is 46.0 Å². The van der Waals surface area contributed by atoms with Crippen LogP contribution in [-0.4, -0.2) is 80.4 Å². The van der Waals surface area contributed by atoms with Gasteiger partial charge in [0.25, 0.3) is 5.91 Å². The zero-order chi connectivity index (χ0) is 21.7. The number of piperazine rings is 1. The number of carbonyl (C=O) groups is 1. The third kappa shape index (κ3) is 4.79. The summed E-state index contributed by atoms with van der Waals surface area (Å²) in [5.41, 5.74) is 0.0271. The first-order chi connectivity index (χ1) is 14.4. The Kier molecular flexibility index (Phi) is 7.04. The molecule has 1 saturated heterocycles. The molecule has 1 fully saturated rings. The number of likely N-dealkylation sites (N-methyl/N-ethyl adjacent to an activating group) is 1. The Morgan fingerprint density at radius 3 is 2.30 bits per heavy atom. The number of furan rings is 1. The minimum absolute atomic E-state index is 0.0271. The van der Waals surface area contributed by atoms with Crippen LogP contribution in [-0.2, 0) is 0 Å². The molecule has 1 amide bonds. The summed E-state index contributed by atoms with van der Waals surface area (Å²) in [4.78, 5) is 22.2. The van der Waals surface area contributed by atoms with Crippen molar-refractivity contribution < 1.29 is 18.0 Å². The minimum Gasteiger partial charge on any atom is -0.459 e. The molecular formula is C21H27F2N5O2. The van der Waals surface area contributed by atoms with E-state index in [1.165, 1.54) is 24.5 Å². The molecule has 7 nitrogen and oxygen atoms in total. The van der Waals surface area contributed by atoms with Gasteiger partial charge in [0.1, 0.15) is 11.6 Å². The highest BCUT2D eigenvalue weighted by Gasteiger charge is 2.27. The molecule has 9 heteroatoms. The molecule has 2 aromatic rings. The van der Waals surface area contributed by atoms with Crippen LogP contribution in [0, 0.1) is 11.6 Å². The molecule has 2 heterocycles. The largest absolute Gasteiger partial charge is 0.459 e. The first-order valence-electron chi connectivity index (χ1n) is 9.81. The summed E-state index contributed by atoms with van der Waals surface area (Å²) < 4.78 is 33.7. The SMILES string of the molecule is CN=C(NCC(c1c(F)cccc1F)N(C)C)N1CCN(C(=O)c2ccco2)CC1. The van der Waals surface area contributed by atoms with E-state index < -0.39 is 17.7 Å². The molecule has 3 rings (SSSR count). The summed E-state index contributed by atoms with van der Waals surface area (Å²) in [5, 5.41) is 3.22. The van der Waals surface area contributed by atoms with Crippen LogP contribution in [0.5, 0.6) is 0 Å². The van der Waals surface area contributed by atoms with Crippen molar-refractivity contribution in [2.75, 3.05) is 53.9 Å². The maximum Gasteiger partial charge on any atom is 0.289 e. The molecular weight excluding hydrogens is 392 g/mol. The number of hydrogen-bond donors (Lipinski definition) is 1. The average molecular weight is 419 g/mol. The van der Waals surface area contributed by atoms with Gasteiger partial charge in [0.2, 0.25) is 0 Å². The minimum atomic E-state index is -0.574. The van der Waals surface area contributed by atoms with Crippen LogP contribution >= 0.6 is 0 Å². The van der Waals surface area contributed by atoms with Crippen molar-refractivity contribution in [3.8, 4) is 0 Å². The molecule has 30 heavy (non-hydrogen) atoms. The van der Waals surface area contributed by atoms with E-state index in [2.05, 4.69) is 10.3 Å². The Morgan fingerprint density at radius 2 is 1.77 bits per heavy atom. The summed E-state index contributed by atoms with van der Waals surface area (Å²) in [6.07, 6.45) is 1.48. The van der Waals surface area contributed by atoms with Crippen molar-refractivity contribution in [1.82, 2.24) is 20.0 Å². The van der Waals surface area contributed by atoms with Crippen LogP contribution in [0.1, 0.15) is 22.2 Å². The molecule has 162 valence electrons. The van der Waals surface area contributed by atoms with E-state index in [4.69, 9.17) is 4.42 Å². The number of rotatable bonds is 5. The topological polar surface area (TPSA) is 64.3 Å². The summed E-state index contributed by atoms with van der Waals surface area (Å²) in [6, 6.07) is 6.71. The van der Waals surface area contributed by atoms with Gasteiger partial charge in [-0.15, -0.1) is 0 Å². The first-order valence-corrected chi connectivity index (χ1v) is 9.81. The molecule has 1 aliphatic rings. The molecule has 1 aromatic carbocycles. The number of nitrogens with zero attached hydrogens (tertiary/aromatic N) is 4. The Morgan fingerprint density at radius 1 is 1.13 bits per heavy atom. The fraction of sp³-hybridized carbons (Fsp3) is 0.429. The van der Waals surface area contributed by atoms with Crippen molar-refractivity contribution in [1.29, 1.82) is 0 Å². The Hall–Kier alpha value is -2.94. The predicted molar refractivity (Wildman–Crippen MR) is 110 cm³/mol. The quantitative estimate of drug-likeness (QED) is 0.595. The van der Waals surface area contributed by atoms with Crippen molar-refractivity contribution in [3.05, 3.63) is 59.6 Å². The lowest BCUT2D eigenvalue weighted by atomic mass is 10.0. The number of halogens is 2. The standard InChI is InChI=1S/C21H27F2N5O2/c1-24-21(25-14-17(26(2)3)19-15(22)6-4-7-16(19)23)28-11-9-27(10-12-28)20(29)18-8-5-13-30-18/h4-8,13,17H,9-12,14H2,1-3H3,(H,24,25). The third-order valence-corrected chi connectivity index (χ3v) is 5.22. The van der Waals surface area contributed by atoms with Gasteiger partial charge in [-0.2, -0.15) is 0 Å². The van der Waals surface area contributed by atoms with Gasteiger partial charge in [0.15, 0.2) is 11.7 Å². The zero-order valence-electron chi connectivity index (χ0n) is 17.4. The lowest BCUT2D eigenvalue weighted by molar-refractivity contribution is 0.0657. The number of benzene rings is 1. The van der Waals surface area contributed by atoms with Crippen LogP contribution in [0.3, 0.4) is 0 Å². The smallest absolute Gasteiger partial charge is 0.289 e. The van der Waals surface area contributed by atoms with Gasteiger partial charge in [-0.05, 0) is 38.4 Å². The molecule has 0 spiro atoms. The fourth-order valence-electron chi connectivity index (χ4n) is 3.57. The number of carbonyl (C=O) groups excluding carboxylic acids is 1. The van der Waals surface area contributed by atoms with Crippen molar-refractivity contribution in [2.24, 2.45) is 4.99 Å². The second kappa shape index (κ2) is 9.71. The number of hydrogen-bond acceptors (Lipinski definition) is 4. The summed E-state index contributed by atoms with van der Waals surface area (Å²) in [7, 11) is 5.22. The lowest BCUT2D eigenvalue weighted by Crippen LogP contribution is -2.54. The van der Waals surface area contributed by atoms with E-state index in [0.717, 1.165) is 0 Å². The molecule has 1 atom stereocenters. The second-order valence-electron chi connectivity index (χ2n) is 7.30. The molecule has 1 unspecified atom stereocenters. The van der Waals surface area contributed by atoms with Crippen LogP contribution in [0.4, 0.5) is 8.78 Å². The fourth-order valence-corrected chi connectivity index (χ4v) is 3.57. The van der Waals surface area contributed by atoms with E-state index in [-0.39, 0.29) is 18.0 Å². The van der Waals surface area contributed by atoms with E-state index in [1.807, 2.05) is 4.90 Å². The van der Waals surface area contributed by atoms with Gasteiger partial charge in [-0.25, -0.2) is 8.78 Å². The highest BCUT2D eigenvalue weighted by molar-refractivity contribution is 5.91. The van der Waals surface area contributed by atoms with Gasteiger partial charge >= 0.3 is 0 Å². The van der Waals surface area contributed by atoms with Gasteiger partial charge in [-0.3, -0.25) is 9.79 Å². The normalized spacial score (nSPS) is 16.1. The number of aliphatic imine (C=N–C) groups is 1. The molecule has 0 radical (unpaired) electrons. The molecule has 1 N–H and O–H groups in total. The van der Waals surface area contributed by atoms with E-state index in [9.17, 15) is 13.6 Å². The maximum absolute atomic E-state index is 14.3. The first kappa shape index (κ1) is 21.8. The molecule has 0 aliphatic carbocycles. The van der Waals surface area contributed by atoms with Crippen molar-refractivity contribution in [3.63, 3.8) is 0 Å². The van der Waals surface area contributed by atoms with Crippen molar-refractivity contribution >= 4 is 11.9 Å². The molecule has 1 aromatic heterocycles. The second-order valence-corrected chi connectivity index (χ2v) is 7.30. The van der Waals surface area contributed by atoms with Gasteiger partial charge in [0, 0.05) is 45.3 Å². The monoisotopic (exact) mass is 419 g/mol. The lowest BCUT2D eigenvalue weighted by Gasteiger charge is -2.37. The van der Waals surface area contributed by atoms with E-state index in [0.29, 0.717) is 37.9 Å². The molecule has 0 saturated carbocycles. The maximum atomic E-state index is 14.3. The molecule has 1 aliphatic heterocycles. The van der Waals surface area contributed by atoms with Crippen LogP contribution in [0.2, 0.25) is 0 Å². The highest BCUT2D eigenvalue weighted by atomic mass is 19.1. The predicted octanol–water partition coefficient (Wildman–Crippen LogP) is 2.19. The Bertz CT molecular complexity index is 857. The van der Waals surface area contributed by atoms with Gasteiger partial charge < -0.3 is 24.4 Å². The van der Waals surface area contributed by atoms with E-state index >= 15 is 0 Å². The molecule has 0 bridgehead atoms. The Labute approximate surface area is 175 Å². The van der Waals surface area contributed by atoms with Crippen LogP contribution in [0.25, 0.3) is 0 Å². The average Bonchev–Trinajstić information content (AvgIpc) is 3.27. The number of nitrogens with one attached hydrogen (secondary N) is 1. The number of guanidine groups is 1. The summed E-state index contributed by atoms with van der Waals surface area (Å²) in [6.45, 7) is 2.52. The van der Waals surface area contributed by atoms with Gasteiger partial charge in [-0.1, -0.05) is 6.07 Å². The number of amides is 1. The third-order valence-electron chi connectivity index (χ3n) is 5.22. The van der Waals surface area contributed by atoms with Gasteiger partial charge in [0.05, 0.1) is 12.3 Å². The highest BCUT2D eigenvalue weighted by Crippen LogP contribution is 2.24. The Balaban J connectivity index is 1.61. The van der Waals surface area contributed by atoms with E-state index in [1.54, 1.807) is 43.1 Å². The van der Waals surface area contributed by atoms with Crippen molar-refractivity contribution in [2.45, 2.75) is 6.04 Å².